The number of rotatable bonds is 10. The van der Waals surface area contributed by atoms with Crippen LogP contribution in [0.1, 0.15) is 79.6 Å². The van der Waals surface area contributed by atoms with Gasteiger partial charge in [0.1, 0.15) is 41.9 Å². The van der Waals surface area contributed by atoms with Gasteiger partial charge in [-0.1, -0.05) is 43.1 Å². The number of amides is 4. The van der Waals surface area contributed by atoms with Crippen molar-refractivity contribution in [3.05, 3.63) is 36.5 Å². The fraction of sp³-hybridized carbons (Fsp3) is 0.619. The maximum atomic E-state index is 14.8. The maximum Gasteiger partial charge on any atom is 0.427 e. The third kappa shape index (κ3) is 9.17. The number of nitrogens with one attached hydrogen (secondary N) is 3. The monoisotopic (exact) mass is 865 g/mol. The first-order valence-corrected chi connectivity index (χ1v) is 21.5. The molecule has 1 aromatic heterocycles. The van der Waals surface area contributed by atoms with E-state index in [9.17, 15) is 36.7 Å². The molecule has 2 saturated carbocycles. The predicted molar refractivity (Wildman–Crippen MR) is 219 cm³/mol. The van der Waals surface area contributed by atoms with Gasteiger partial charge in [0.05, 0.1) is 31.7 Å². The lowest BCUT2D eigenvalue weighted by molar-refractivity contribution is -0.244. The number of alkyl carbamates (subject to hydrolysis) is 1. The van der Waals surface area contributed by atoms with Crippen LogP contribution < -0.4 is 29.6 Å². The topological polar surface area (TPSA) is 157 Å². The summed E-state index contributed by atoms with van der Waals surface area (Å²) < 4.78 is 80.1. The van der Waals surface area contributed by atoms with E-state index in [4.69, 9.17) is 18.9 Å². The second kappa shape index (κ2) is 17.4. The Bertz CT molecular complexity index is 2040. The standard InChI is InChI=1S/C42H55F4N5O8S/c1-8-60(40(23-43)16-17-40)50-37(54)41-20-26(41)13-12-24(2)10-9-11-25(3)33(48-38(55)59-39(4,5)42(44,45)46)36(53)51-22-28(19-31(51)34(52)49-41)58-35-29-15-14-27(56-6)18-30(29)32(57-7)21-47-35/h8,12-15,18,21,24-26,28,31,33H,9-11,16-17,19-20,22-23H2,1-7H3,(H,48,55)(H,49,52)(H,50,54)/b13-12-/t24-,25+,26+,28+,31-,33-,41+,60?/m0/s1. The first-order chi connectivity index (χ1) is 28.3. The Kier molecular flexibility index (Phi) is 13.0. The highest BCUT2D eigenvalue weighted by Gasteiger charge is 2.62. The van der Waals surface area contributed by atoms with Crippen LogP contribution in [0, 0.1) is 17.8 Å². The van der Waals surface area contributed by atoms with Crippen LogP contribution in [0.3, 0.4) is 0 Å². The quantitative estimate of drug-likeness (QED) is 0.137. The molecule has 0 spiro atoms. The molecule has 2 aliphatic carbocycles. The van der Waals surface area contributed by atoms with Gasteiger partial charge in [0, 0.05) is 23.1 Å². The van der Waals surface area contributed by atoms with E-state index < -0.39 is 87.3 Å². The number of hydrogen-bond donors (Lipinski definition) is 3. The van der Waals surface area contributed by atoms with E-state index in [-0.39, 0.29) is 37.1 Å². The Morgan fingerprint density at radius 3 is 2.45 bits per heavy atom. The minimum Gasteiger partial charge on any atom is -0.497 e. The number of nitrogens with zero attached hydrogens (tertiary/aromatic N) is 2. The lowest BCUT2D eigenvalue weighted by Gasteiger charge is -2.33. The predicted octanol–water partition coefficient (Wildman–Crippen LogP) is 6.55. The van der Waals surface area contributed by atoms with Crippen LogP contribution in [0.5, 0.6) is 17.4 Å². The smallest absolute Gasteiger partial charge is 0.427 e. The summed E-state index contributed by atoms with van der Waals surface area (Å²) in [7, 11) is 2.12. The number of methoxy groups -OCH3 is 2. The summed E-state index contributed by atoms with van der Waals surface area (Å²) in [5.41, 5.74) is -4.27. The first kappa shape index (κ1) is 44.9. The molecule has 3 heterocycles. The Morgan fingerprint density at radius 1 is 1.08 bits per heavy atom. The van der Waals surface area contributed by atoms with E-state index in [2.05, 4.69) is 20.3 Å². The molecule has 4 aliphatic rings. The van der Waals surface area contributed by atoms with Crippen LogP contribution >= 0.6 is 10.7 Å². The zero-order valence-corrected chi connectivity index (χ0v) is 35.8. The van der Waals surface area contributed by atoms with Gasteiger partial charge in [0.2, 0.25) is 23.3 Å². The average molecular weight is 866 g/mol. The zero-order valence-electron chi connectivity index (χ0n) is 35.0. The number of ether oxygens (including phenoxy) is 4. The van der Waals surface area contributed by atoms with Crippen molar-refractivity contribution in [1.82, 2.24) is 25.2 Å². The molecule has 2 aromatic rings. The van der Waals surface area contributed by atoms with Crippen molar-refractivity contribution < 1.29 is 55.7 Å². The molecule has 60 heavy (non-hydrogen) atoms. The van der Waals surface area contributed by atoms with Crippen LogP contribution in [-0.4, -0.2) is 107 Å². The normalized spacial score (nSPS) is 29.1. The van der Waals surface area contributed by atoms with Gasteiger partial charge < -0.3 is 39.2 Å². The lowest BCUT2D eigenvalue weighted by Crippen LogP contribution is -2.59. The number of carbonyl (C=O) groups excluding carboxylic acids is 4. The van der Waals surface area contributed by atoms with Crippen molar-refractivity contribution in [1.29, 1.82) is 0 Å². The second-order valence-electron chi connectivity index (χ2n) is 16.9. The molecule has 8 atom stereocenters. The maximum absolute atomic E-state index is 14.8. The van der Waals surface area contributed by atoms with Crippen LogP contribution in [0.2, 0.25) is 0 Å². The van der Waals surface area contributed by atoms with E-state index in [1.807, 2.05) is 19.1 Å². The van der Waals surface area contributed by atoms with Crippen molar-refractivity contribution in [3.8, 4) is 17.4 Å². The highest BCUT2D eigenvalue weighted by Crippen LogP contribution is 2.53. The van der Waals surface area contributed by atoms with Gasteiger partial charge in [-0.3, -0.25) is 14.4 Å². The van der Waals surface area contributed by atoms with E-state index in [0.29, 0.717) is 68.2 Å². The molecule has 13 nitrogen and oxygen atoms in total. The van der Waals surface area contributed by atoms with Crippen LogP contribution in [0.4, 0.5) is 22.4 Å². The van der Waals surface area contributed by atoms with Crippen molar-refractivity contribution in [2.24, 2.45) is 17.8 Å². The van der Waals surface area contributed by atoms with E-state index >= 15 is 0 Å². The summed E-state index contributed by atoms with van der Waals surface area (Å²) in [5, 5.41) is 8.36. The summed E-state index contributed by atoms with van der Waals surface area (Å²) in [6, 6.07) is 2.56. The van der Waals surface area contributed by atoms with E-state index in [0.717, 1.165) is 0 Å². The van der Waals surface area contributed by atoms with Crippen LogP contribution in [0.25, 0.3) is 10.8 Å². The summed E-state index contributed by atoms with van der Waals surface area (Å²) in [6.07, 6.45) is 1.28. The number of fused-ring (bicyclic) bond motifs is 3. The van der Waals surface area contributed by atoms with Gasteiger partial charge in [0.15, 0.2) is 0 Å². The minimum absolute atomic E-state index is 0.0312. The first-order valence-electron chi connectivity index (χ1n) is 20.3. The Balaban J connectivity index is 1.36. The number of pyridine rings is 1. The van der Waals surface area contributed by atoms with Crippen molar-refractivity contribution in [2.45, 2.75) is 120 Å². The van der Waals surface area contributed by atoms with Gasteiger partial charge in [-0.15, -0.1) is 0 Å². The molecule has 330 valence electrons. The molecule has 0 bridgehead atoms. The third-order valence-corrected chi connectivity index (χ3v) is 14.5. The van der Waals surface area contributed by atoms with Crippen LogP contribution in [-0.2, 0) is 19.1 Å². The molecule has 1 saturated heterocycles. The molecule has 1 unspecified atom stereocenters. The van der Waals surface area contributed by atoms with Gasteiger partial charge in [-0.25, -0.2) is 14.2 Å². The zero-order chi connectivity index (χ0) is 43.8. The number of benzene rings is 1. The molecular weight excluding hydrogens is 811 g/mol. The Morgan fingerprint density at radius 2 is 1.82 bits per heavy atom. The molecule has 3 fully saturated rings. The number of aromatic nitrogens is 1. The Hall–Kier alpha value is -4.61. The van der Waals surface area contributed by atoms with Gasteiger partial charge in [-0.05, 0) is 88.3 Å². The molecule has 1 aromatic carbocycles. The summed E-state index contributed by atoms with van der Waals surface area (Å²) in [6.45, 7) is 6.11. The number of alkyl halides is 4. The number of carbonyl (C=O) groups is 4. The van der Waals surface area contributed by atoms with Gasteiger partial charge in [0.25, 0.3) is 5.91 Å². The molecule has 2 aliphatic heterocycles. The van der Waals surface area contributed by atoms with Crippen molar-refractivity contribution >= 4 is 50.6 Å². The Labute approximate surface area is 349 Å². The van der Waals surface area contributed by atoms with Gasteiger partial charge >= 0.3 is 12.3 Å². The minimum atomic E-state index is -4.90. The SMILES string of the molecule is C/C=S(/NC(=O)[C@@]12C[C@H]1/C=C\[C@@H](C)CCC[C@@H](C)[C@H](NC(=O)OC(C)(C)C(F)(F)F)C(=O)N1C[C@H](Oc3ncc(OC)c4cc(OC)ccc34)C[C@H]1C(=O)N2)C1(CF)CC1. The number of allylic oxidation sites excluding steroid dienone is 1. The highest BCUT2D eigenvalue weighted by atomic mass is 32.2. The molecular formula is C42H55F4N5O8S. The number of halogens is 4. The lowest BCUT2D eigenvalue weighted by atomic mass is 9.92. The third-order valence-electron chi connectivity index (χ3n) is 12.2. The van der Waals surface area contributed by atoms with Gasteiger partial charge in [-0.2, -0.15) is 13.2 Å². The molecule has 4 amide bonds. The van der Waals surface area contributed by atoms with Crippen LogP contribution in [0.15, 0.2) is 36.5 Å². The van der Waals surface area contributed by atoms with E-state index in [1.54, 1.807) is 37.4 Å². The number of hydrogen-bond acceptors (Lipinski definition) is 9. The van der Waals surface area contributed by atoms with E-state index in [1.165, 1.54) is 25.3 Å². The molecule has 18 heteroatoms. The summed E-state index contributed by atoms with van der Waals surface area (Å²) in [5.74, 6) is -1.65. The second-order valence-corrected chi connectivity index (χ2v) is 19.1. The summed E-state index contributed by atoms with van der Waals surface area (Å²) in [4.78, 5) is 62.6. The average Bonchev–Trinajstić information content (AvgIpc) is 4.11. The largest absolute Gasteiger partial charge is 0.497 e. The molecule has 0 radical (unpaired) electrons. The van der Waals surface area contributed by atoms with Crippen molar-refractivity contribution in [2.75, 3.05) is 27.4 Å². The summed E-state index contributed by atoms with van der Waals surface area (Å²) >= 11 is 0. The van der Waals surface area contributed by atoms with Crippen molar-refractivity contribution in [3.63, 3.8) is 0 Å². The fourth-order valence-corrected chi connectivity index (χ4v) is 9.83. The fourth-order valence-electron chi connectivity index (χ4n) is 7.95. The molecule has 6 rings (SSSR count). The molecule has 3 N–H and O–H groups in total. The highest BCUT2D eigenvalue weighted by molar-refractivity contribution is 8.15.